The highest BCUT2D eigenvalue weighted by Crippen LogP contribution is 2.58. The second-order valence-electron chi connectivity index (χ2n) is 5.59. The lowest BCUT2D eigenvalue weighted by Gasteiger charge is -2.35. The van der Waals surface area contributed by atoms with Crippen molar-refractivity contribution in [3.05, 3.63) is 15.6 Å². The molecular weight excluding hydrogens is 228 g/mol. The van der Waals surface area contributed by atoms with Crippen LogP contribution in [0.4, 0.5) is 0 Å². The maximum Gasteiger partial charge on any atom is 0.114 e. The Hall–Kier alpha value is -0.410. The Morgan fingerprint density at radius 1 is 1.41 bits per heavy atom. The second-order valence-corrected chi connectivity index (χ2v) is 6.79. The number of aryl methyl sites for hydroxylation is 2. The van der Waals surface area contributed by atoms with Gasteiger partial charge in [0.15, 0.2) is 0 Å². The third-order valence-corrected chi connectivity index (χ3v) is 5.63. The van der Waals surface area contributed by atoms with E-state index in [2.05, 4.69) is 39.9 Å². The maximum absolute atomic E-state index is 4.88. The minimum Gasteiger partial charge on any atom is -0.305 e. The summed E-state index contributed by atoms with van der Waals surface area (Å²) in [4.78, 5) is 6.27. The van der Waals surface area contributed by atoms with Gasteiger partial charge >= 0.3 is 0 Å². The Morgan fingerprint density at radius 2 is 2.06 bits per heavy atom. The molecule has 1 atom stereocenters. The number of hydrogen-bond donors (Lipinski definition) is 1. The summed E-state index contributed by atoms with van der Waals surface area (Å²) in [6, 6.07) is 0. The van der Waals surface area contributed by atoms with E-state index in [0.29, 0.717) is 5.41 Å². The summed E-state index contributed by atoms with van der Waals surface area (Å²) in [6.45, 7) is 12.3. The zero-order valence-electron chi connectivity index (χ0n) is 11.7. The first kappa shape index (κ1) is 13.0. The summed E-state index contributed by atoms with van der Waals surface area (Å²) in [5.41, 5.74) is 1.74. The van der Waals surface area contributed by atoms with Crippen LogP contribution in [0.1, 0.15) is 56.1 Å². The Balaban J connectivity index is 2.38. The van der Waals surface area contributed by atoms with Crippen LogP contribution in [0.25, 0.3) is 0 Å². The van der Waals surface area contributed by atoms with Crippen LogP contribution in [0.5, 0.6) is 0 Å². The Kier molecular flexibility index (Phi) is 3.34. The van der Waals surface area contributed by atoms with Gasteiger partial charge in [0.25, 0.3) is 0 Å². The third kappa shape index (κ3) is 2.04. The second kappa shape index (κ2) is 4.36. The number of nitrogens with one attached hydrogen (secondary N) is 1. The zero-order chi connectivity index (χ0) is 12.7. The first-order valence-corrected chi connectivity index (χ1v) is 7.50. The van der Waals surface area contributed by atoms with Gasteiger partial charge in [-0.15, -0.1) is 11.3 Å². The Labute approximate surface area is 109 Å². The van der Waals surface area contributed by atoms with Crippen molar-refractivity contribution < 1.29 is 0 Å². The first-order chi connectivity index (χ1) is 7.97. The molecule has 1 heterocycles. The molecule has 0 bridgehead atoms. The monoisotopic (exact) mass is 252 g/mol. The molecule has 1 aromatic rings. The summed E-state index contributed by atoms with van der Waals surface area (Å²) >= 11 is 1.88. The molecule has 3 heteroatoms. The SMILES string of the molecule is CCNC(C)(c1nc(CC)c(C)s1)C1(C)CC1. The molecule has 0 aromatic carbocycles. The Morgan fingerprint density at radius 3 is 2.47 bits per heavy atom. The first-order valence-electron chi connectivity index (χ1n) is 6.68. The van der Waals surface area contributed by atoms with E-state index < -0.39 is 0 Å². The molecular formula is C14H24N2S. The summed E-state index contributed by atoms with van der Waals surface area (Å²) in [5, 5.41) is 4.98. The molecule has 1 aliphatic rings. The number of nitrogens with zero attached hydrogens (tertiary/aromatic N) is 1. The summed E-state index contributed by atoms with van der Waals surface area (Å²) in [5.74, 6) is 0. The lowest BCUT2D eigenvalue weighted by Crippen LogP contribution is -2.46. The van der Waals surface area contributed by atoms with Crippen molar-refractivity contribution in [3.63, 3.8) is 0 Å². The lowest BCUT2D eigenvalue weighted by atomic mass is 9.84. The van der Waals surface area contributed by atoms with E-state index in [1.54, 1.807) is 0 Å². The van der Waals surface area contributed by atoms with Gasteiger partial charge in [-0.2, -0.15) is 0 Å². The van der Waals surface area contributed by atoms with Gasteiger partial charge in [-0.05, 0) is 45.1 Å². The Bertz CT molecular complexity index is 406. The van der Waals surface area contributed by atoms with Crippen LogP contribution in [0, 0.1) is 12.3 Å². The van der Waals surface area contributed by atoms with Crippen LogP contribution in [-0.2, 0) is 12.0 Å². The van der Waals surface area contributed by atoms with Gasteiger partial charge in [-0.1, -0.05) is 20.8 Å². The molecule has 1 fully saturated rings. The smallest absolute Gasteiger partial charge is 0.114 e. The van der Waals surface area contributed by atoms with Gasteiger partial charge in [0.1, 0.15) is 5.01 Å². The van der Waals surface area contributed by atoms with Crippen molar-refractivity contribution in [1.82, 2.24) is 10.3 Å². The number of rotatable bonds is 5. The highest BCUT2D eigenvalue weighted by Gasteiger charge is 2.55. The van der Waals surface area contributed by atoms with Crippen LogP contribution in [0.2, 0.25) is 0 Å². The van der Waals surface area contributed by atoms with Gasteiger partial charge in [0.05, 0.1) is 11.2 Å². The maximum atomic E-state index is 4.88. The predicted molar refractivity (Wildman–Crippen MR) is 74.6 cm³/mol. The minimum atomic E-state index is 0.0601. The topological polar surface area (TPSA) is 24.9 Å². The van der Waals surface area contributed by atoms with Crippen LogP contribution < -0.4 is 5.32 Å². The van der Waals surface area contributed by atoms with Crippen molar-refractivity contribution in [3.8, 4) is 0 Å². The van der Waals surface area contributed by atoms with Crippen LogP contribution in [0.3, 0.4) is 0 Å². The average molecular weight is 252 g/mol. The van der Waals surface area contributed by atoms with E-state index in [4.69, 9.17) is 4.98 Å². The van der Waals surface area contributed by atoms with Gasteiger partial charge < -0.3 is 5.32 Å². The fourth-order valence-electron chi connectivity index (χ4n) is 2.56. The number of thiazole rings is 1. The normalized spacial score (nSPS) is 21.2. The van der Waals surface area contributed by atoms with Gasteiger partial charge in [-0.25, -0.2) is 4.98 Å². The molecule has 1 aliphatic carbocycles. The summed E-state index contributed by atoms with van der Waals surface area (Å²) < 4.78 is 0. The van der Waals surface area contributed by atoms with E-state index in [1.165, 1.54) is 28.4 Å². The van der Waals surface area contributed by atoms with Crippen molar-refractivity contribution >= 4 is 11.3 Å². The van der Waals surface area contributed by atoms with Crippen molar-refractivity contribution in [1.29, 1.82) is 0 Å². The van der Waals surface area contributed by atoms with E-state index in [9.17, 15) is 0 Å². The lowest BCUT2D eigenvalue weighted by molar-refractivity contribution is 0.230. The molecule has 0 saturated heterocycles. The molecule has 1 N–H and O–H groups in total. The standard InChI is InChI=1S/C14H24N2S/c1-6-11-10(3)17-12(16-11)14(5,15-7-2)13(4)8-9-13/h15H,6-9H2,1-5H3. The van der Waals surface area contributed by atoms with Crippen molar-refractivity contribution in [2.24, 2.45) is 5.41 Å². The molecule has 1 aromatic heterocycles. The molecule has 96 valence electrons. The quantitative estimate of drug-likeness (QED) is 0.865. The largest absolute Gasteiger partial charge is 0.305 e. The molecule has 0 aliphatic heterocycles. The highest BCUT2D eigenvalue weighted by atomic mass is 32.1. The van der Waals surface area contributed by atoms with E-state index in [1.807, 2.05) is 11.3 Å². The molecule has 0 spiro atoms. The van der Waals surface area contributed by atoms with E-state index in [0.717, 1.165) is 13.0 Å². The van der Waals surface area contributed by atoms with Crippen LogP contribution in [0.15, 0.2) is 0 Å². The molecule has 1 saturated carbocycles. The number of hydrogen-bond acceptors (Lipinski definition) is 3. The van der Waals surface area contributed by atoms with Crippen LogP contribution in [-0.4, -0.2) is 11.5 Å². The molecule has 2 nitrogen and oxygen atoms in total. The fraction of sp³-hybridized carbons (Fsp3) is 0.786. The van der Waals surface area contributed by atoms with Gasteiger partial charge in [0, 0.05) is 4.88 Å². The van der Waals surface area contributed by atoms with E-state index >= 15 is 0 Å². The molecule has 1 unspecified atom stereocenters. The molecule has 2 rings (SSSR count). The summed E-state index contributed by atoms with van der Waals surface area (Å²) in [7, 11) is 0. The fourth-order valence-corrected chi connectivity index (χ4v) is 3.83. The van der Waals surface area contributed by atoms with Gasteiger partial charge in [0.2, 0.25) is 0 Å². The van der Waals surface area contributed by atoms with Crippen molar-refractivity contribution in [2.45, 2.75) is 59.4 Å². The predicted octanol–water partition coefficient (Wildman–Crippen LogP) is 3.64. The van der Waals surface area contributed by atoms with Crippen molar-refractivity contribution in [2.75, 3.05) is 6.54 Å². The molecule has 17 heavy (non-hydrogen) atoms. The van der Waals surface area contributed by atoms with Crippen LogP contribution >= 0.6 is 11.3 Å². The molecule has 0 radical (unpaired) electrons. The summed E-state index contributed by atoms with van der Waals surface area (Å²) in [6.07, 6.45) is 3.68. The third-order valence-electron chi connectivity index (χ3n) is 4.39. The average Bonchev–Trinajstić information content (AvgIpc) is 2.92. The minimum absolute atomic E-state index is 0.0601. The van der Waals surface area contributed by atoms with Gasteiger partial charge in [-0.3, -0.25) is 0 Å². The highest BCUT2D eigenvalue weighted by molar-refractivity contribution is 7.11. The molecule has 0 amide bonds. The van der Waals surface area contributed by atoms with E-state index in [-0.39, 0.29) is 5.54 Å². The number of aromatic nitrogens is 1. The zero-order valence-corrected chi connectivity index (χ0v) is 12.5.